The molecule has 0 unspecified atom stereocenters. The van der Waals surface area contributed by atoms with Crippen LogP contribution >= 0.6 is 11.6 Å². The van der Waals surface area contributed by atoms with Crippen LogP contribution in [0.4, 0.5) is 0 Å². The van der Waals surface area contributed by atoms with Gasteiger partial charge in [0.15, 0.2) is 11.6 Å². The maximum atomic E-state index is 11.8. The molecule has 1 heterocycles. The van der Waals surface area contributed by atoms with Crippen LogP contribution in [-0.2, 0) is 17.6 Å². The molecule has 0 N–H and O–H groups in total. The Morgan fingerprint density at radius 2 is 2.20 bits per heavy atom. The van der Waals surface area contributed by atoms with E-state index < -0.39 is 5.97 Å². The molecule has 0 radical (unpaired) electrons. The van der Waals surface area contributed by atoms with Crippen LogP contribution < -0.4 is 0 Å². The van der Waals surface area contributed by atoms with Gasteiger partial charge < -0.3 is 9.15 Å². The number of oxazole rings is 1. The van der Waals surface area contributed by atoms with Crippen LogP contribution in [0.5, 0.6) is 0 Å². The summed E-state index contributed by atoms with van der Waals surface area (Å²) in [6.07, 6.45) is 1.30. The molecule has 0 aliphatic rings. The summed E-state index contributed by atoms with van der Waals surface area (Å²) in [7, 11) is 0. The lowest BCUT2D eigenvalue weighted by atomic mass is 10.1. The van der Waals surface area contributed by atoms with Gasteiger partial charge in [-0.3, -0.25) is 0 Å². The highest BCUT2D eigenvalue weighted by Crippen LogP contribution is 2.17. The second-order valence-electron chi connectivity index (χ2n) is 4.36. The van der Waals surface area contributed by atoms with Crippen molar-refractivity contribution < 1.29 is 13.9 Å². The highest BCUT2D eigenvalue weighted by molar-refractivity contribution is 6.30. The van der Waals surface area contributed by atoms with Gasteiger partial charge in [-0.15, -0.1) is 0 Å². The summed E-state index contributed by atoms with van der Waals surface area (Å²) in [6, 6.07) is 7.61. The van der Waals surface area contributed by atoms with Crippen molar-refractivity contribution in [3.05, 3.63) is 52.2 Å². The van der Waals surface area contributed by atoms with E-state index in [0.717, 1.165) is 12.0 Å². The molecule has 5 heteroatoms. The molecule has 0 spiro atoms. The van der Waals surface area contributed by atoms with Gasteiger partial charge in [-0.1, -0.05) is 23.7 Å². The third-order valence-electron chi connectivity index (χ3n) is 2.80. The maximum absolute atomic E-state index is 11.8. The third-order valence-corrected chi connectivity index (χ3v) is 3.04. The minimum atomic E-state index is -0.439. The van der Waals surface area contributed by atoms with Crippen LogP contribution in [0.3, 0.4) is 0 Å². The van der Waals surface area contributed by atoms with E-state index in [4.69, 9.17) is 20.8 Å². The number of ether oxygens (including phenoxy) is 1. The van der Waals surface area contributed by atoms with E-state index in [1.165, 1.54) is 0 Å². The number of halogens is 1. The van der Waals surface area contributed by atoms with Crippen molar-refractivity contribution in [2.45, 2.75) is 26.7 Å². The summed E-state index contributed by atoms with van der Waals surface area (Å²) in [5.74, 6) is 0.584. The largest absolute Gasteiger partial charge is 0.461 e. The molecular weight excluding hydrogens is 278 g/mol. The molecular formula is C15H16ClNO3. The molecule has 0 saturated heterocycles. The number of carbonyl (C=O) groups is 1. The second-order valence-corrected chi connectivity index (χ2v) is 4.79. The smallest absolute Gasteiger partial charge is 0.360 e. The lowest BCUT2D eigenvalue weighted by molar-refractivity contribution is 0.0517. The van der Waals surface area contributed by atoms with Crippen molar-refractivity contribution in [1.29, 1.82) is 0 Å². The molecule has 0 aliphatic carbocycles. The SMILES string of the molecule is CCOC(=O)c1nc(C)oc1CCc1cccc(Cl)c1. The predicted molar refractivity (Wildman–Crippen MR) is 76.1 cm³/mol. The van der Waals surface area contributed by atoms with Crippen LogP contribution in [0, 0.1) is 6.92 Å². The summed E-state index contributed by atoms with van der Waals surface area (Å²) in [6.45, 7) is 3.79. The van der Waals surface area contributed by atoms with E-state index in [-0.39, 0.29) is 5.69 Å². The highest BCUT2D eigenvalue weighted by atomic mass is 35.5. The van der Waals surface area contributed by atoms with Crippen molar-refractivity contribution in [2.24, 2.45) is 0 Å². The highest BCUT2D eigenvalue weighted by Gasteiger charge is 2.19. The van der Waals surface area contributed by atoms with Crippen molar-refractivity contribution in [3.63, 3.8) is 0 Å². The molecule has 0 amide bonds. The van der Waals surface area contributed by atoms with Crippen LogP contribution in [0.1, 0.15) is 34.6 Å². The van der Waals surface area contributed by atoms with E-state index in [1.54, 1.807) is 13.8 Å². The average Bonchev–Trinajstić information content (AvgIpc) is 2.78. The molecule has 0 saturated carbocycles. The Morgan fingerprint density at radius 1 is 1.40 bits per heavy atom. The Kier molecular flexibility index (Phi) is 4.79. The topological polar surface area (TPSA) is 52.3 Å². The van der Waals surface area contributed by atoms with E-state index >= 15 is 0 Å². The number of aromatic nitrogens is 1. The number of hydrogen-bond acceptors (Lipinski definition) is 4. The third kappa shape index (κ3) is 3.61. The predicted octanol–water partition coefficient (Wildman–Crippen LogP) is 3.60. The fourth-order valence-electron chi connectivity index (χ4n) is 1.95. The van der Waals surface area contributed by atoms with E-state index in [0.29, 0.717) is 29.7 Å². The average molecular weight is 294 g/mol. The van der Waals surface area contributed by atoms with E-state index in [1.807, 2.05) is 24.3 Å². The Balaban J connectivity index is 2.11. The summed E-state index contributed by atoms with van der Waals surface area (Å²) < 4.78 is 10.5. The minimum Gasteiger partial charge on any atom is -0.461 e. The van der Waals surface area contributed by atoms with E-state index in [2.05, 4.69) is 4.98 Å². The number of nitrogens with zero attached hydrogens (tertiary/aromatic N) is 1. The summed E-state index contributed by atoms with van der Waals surface area (Å²) in [5, 5.41) is 0.696. The monoisotopic (exact) mass is 293 g/mol. The zero-order valence-corrected chi connectivity index (χ0v) is 12.2. The lowest BCUT2D eigenvalue weighted by Gasteiger charge is -2.02. The maximum Gasteiger partial charge on any atom is 0.360 e. The molecule has 2 rings (SSSR count). The number of rotatable bonds is 5. The Bertz CT molecular complexity index is 607. The molecule has 2 aromatic rings. The molecule has 0 aliphatic heterocycles. The first-order valence-electron chi connectivity index (χ1n) is 6.48. The van der Waals surface area contributed by atoms with Crippen LogP contribution in [0.2, 0.25) is 5.02 Å². The summed E-state index contributed by atoms with van der Waals surface area (Å²) in [5.41, 5.74) is 1.35. The molecule has 1 aromatic heterocycles. The number of esters is 1. The lowest BCUT2D eigenvalue weighted by Crippen LogP contribution is -2.08. The summed E-state index contributed by atoms with van der Waals surface area (Å²) in [4.78, 5) is 15.9. The van der Waals surface area contributed by atoms with Gasteiger partial charge in [-0.2, -0.15) is 0 Å². The van der Waals surface area contributed by atoms with Crippen molar-refractivity contribution in [3.8, 4) is 0 Å². The minimum absolute atomic E-state index is 0.270. The first-order chi connectivity index (χ1) is 9.60. The molecule has 4 nitrogen and oxygen atoms in total. The number of carbonyl (C=O) groups excluding carboxylic acids is 1. The Hall–Kier alpha value is -1.81. The van der Waals surface area contributed by atoms with Gasteiger partial charge in [0.1, 0.15) is 5.76 Å². The van der Waals surface area contributed by atoms with E-state index in [9.17, 15) is 4.79 Å². The van der Waals surface area contributed by atoms with Crippen LogP contribution in [-0.4, -0.2) is 17.6 Å². The molecule has 106 valence electrons. The second kappa shape index (κ2) is 6.57. The van der Waals surface area contributed by atoms with Gasteiger partial charge in [0.2, 0.25) is 0 Å². The standard InChI is InChI=1S/C15H16ClNO3/c1-3-19-15(18)14-13(20-10(2)17-14)8-7-11-5-4-6-12(16)9-11/h4-6,9H,3,7-8H2,1-2H3. The number of benzene rings is 1. The molecule has 0 fully saturated rings. The van der Waals surface area contributed by atoms with Crippen LogP contribution in [0.25, 0.3) is 0 Å². The van der Waals surface area contributed by atoms with Gasteiger partial charge in [0.05, 0.1) is 6.61 Å². The molecule has 20 heavy (non-hydrogen) atoms. The van der Waals surface area contributed by atoms with Crippen LogP contribution in [0.15, 0.2) is 28.7 Å². The van der Waals surface area contributed by atoms with Gasteiger partial charge in [0.25, 0.3) is 0 Å². The molecule has 0 atom stereocenters. The Labute approximate surface area is 122 Å². The first kappa shape index (κ1) is 14.6. The quantitative estimate of drug-likeness (QED) is 0.790. The van der Waals surface area contributed by atoms with Crippen molar-refractivity contribution in [1.82, 2.24) is 4.98 Å². The molecule has 1 aromatic carbocycles. The molecule has 0 bridgehead atoms. The van der Waals surface area contributed by atoms with Crippen molar-refractivity contribution in [2.75, 3.05) is 6.61 Å². The zero-order chi connectivity index (χ0) is 14.5. The summed E-state index contributed by atoms with van der Waals surface area (Å²) >= 11 is 5.94. The fourth-order valence-corrected chi connectivity index (χ4v) is 2.16. The zero-order valence-electron chi connectivity index (χ0n) is 11.5. The van der Waals surface area contributed by atoms with Crippen molar-refractivity contribution >= 4 is 17.6 Å². The number of aryl methyl sites for hydroxylation is 3. The normalized spacial score (nSPS) is 10.6. The van der Waals surface area contributed by atoms with Gasteiger partial charge in [-0.25, -0.2) is 9.78 Å². The van der Waals surface area contributed by atoms with Gasteiger partial charge in [0, 0.05) is 18.4 Å². The first-order valence-corrected chi connectivity index (χ1v) is 6.85. The Morgan fingerprint density at radius 3 is 2.90 bits per heavy atom. The number of hydrogen-bond donors (Lipinski definition) is 0. The van der Waals surface area contributed by atoms with Gasteiger partial charge >= 0.3 is 5.97 Å². The fraction of sp³-hybridized carbons (Fsp3) is 0.333. The van der Waals surface area contributed by atoms with Gasteiger partial charge in [-0.05, 0) is 31.0 Å².